The van der Waals surface area contributed by atoms with Gasteiger partial charge in [0.25, 0.3) is 0 Å². The molecule has 1 aromatic heterocycles. The molecule has 126 valence electrons. The molecule has 2 fully saturated rings. The Morgan fingerprint density at radius 1 is 1.00 bits per heavy atom. The molecule has 0 amide bonds. The topological polar surface area (TPSA) is 66.4 Å². The van der Waals surface area contributed by atoms with Crippen molar-refractivity contribution in [2.75, 3.05) is 18.0 Å². The van der Waals surface area contributed by atoms with Gasteiger partial charge in [-0.05, 0) is 43.2 Å². The van der Waals surface area contributed by atoms with Gasteiger partial charge >= 0.3 is 0 Å². The molecule has 3 heterocycles. The molecule has 0 unspecified atom stereocenters. The maximum atomic E-state index is 13.1. The molecule has 0 saturated carbocycles. The van der Waals surface area contributed by atoms with E-state index < -0.39 is 15.8 Å². The van der Waals surface area contributed by atoms with Crippen LogP contribution in [0.1, 0.15) is 12.8 Å². The molecule has 0 spiro atoms. The Morgan fingerprint density at radius 3 is 2.38 bits per heavy atom. The summed E-state index contributed by atoms with van der Waals surface area (Å²) in [5.41, 5.74) is 0. The minimum atomic E-state index is -3.62. The van der Waals surface area contributed by atoms with Crippen LogP contribution in [-0.4, -0.2) is 47.9 Å². The maximum absolute atomic E-state index is 13.1. The number of aromatic nitrogens is 2. The molecule has 2 aromatic rings. The van der Waals surface area contributed by atoms with Gasteiger partial charge in [0.2, 0.25) is 16.0 Å². The van der Waals surface area contributed by atoms with Gasteiger partial charge in [0.05, 0.1) is 4.90 Å². The third kappa shape index (κ3) is 2.46. The molecule has 2 atom stereocenters. The fourth-order valence-corrected chi connectivity index (χ4v) is 5.37. The molecule has 4 rings (SSSR count). The van der Waals surface area contributed by atoms with Gasteiger partial charge in [0, 0.05) is 37.6 Å². The number of anilines is 1. The van der Waals surface area contributed by atoms with E-state index >= 15 is 0 Å². The van der Waals surface area contributed by atoms with E-state index in [2.05, 4.69) is 14.9 Å². The summed E-state index contributed by atoms with van der Waals surface area (Å²) in [6.07, 6.45) is 4.86. The number of hydrogen-bond donors (Lipinski definition) is 0. The summed E-state index contributed by atoms with van der Waals surface area (Å²) in [4.78, 5) is 10.8. The Hall–Kier alpha value is -2.06. The fraction of sp³-hybridized carbons (Fsp3) is 0.375. The highest BCUT2D eigenvalue weighted by Gasteiger charge is 2.48. The fourth-order valence-electron chi connectivity index (χ4n) is 3.67. The Kier molecular flexibility index (Phi) is 3.73. The van der Waals surface area contributed by atoms with Crippen LogP contribution in [0.2, 0.25) is 0 Å². The Balaban J connectivity index is 1.60. The first-order chi connectivity index (χ1) is 11.6. The van der Waals surface area contributed by atoms with Gasteiger partial charge in [-0.1, -0.05) is 0 Å². The van der Waals surface area contributed by atoms with Crippen LogP contribution in [0.5, 0.6) is 0 Å². The Labute approximate surface area is 140 Å². The molecular formula is C16H17FN4O2S. The van der Waals surface area contributed by atoms with Crippen molar-refractivity contribution >= 4 is 16.0 Å². The molecule has 24 heavy (non-hydrogen) atoms. The molecule has 0 aliphatic carbocycles. The first-order valence-corrected chi connectivity index (χ1v) is 9.32. The van der Waals surface area contributed by atoms with E-state index in [1.165, 1.54) is 24.3 Å². The average molecular weight is 348 g/mol. The standard InChI is InChI=1S/C16H17FN4O2S/c17-12-2-4-13(5-3-12)24(22,23)21-11-7-14-15(21)6-10-20(14)16-18-8-1-9-19-16/h1-5,8-9,14-15H,6-7,10-11H2/t14-,15-/m0/s1. The predicted molar refractivity (Wildman–Crippen MR) is 86.5 cm³/mol. The quantitative estimate of drug-likeness (QED) is 0.844. The number of hydrogen-bond acceptors (Lipinski definition) is 5. The highest BCUT2D eigenvalue weighted by Crippen LogP contribution is 2.36. The zero-order valence-corrected chi connectivity index (χ0v) is 13.7. The van der Waals surface area contributed by atoms with Crippen LogP contribution in [-0.2, 0) is 10.0 Å². The molecular weight excluding hydrogens is 331 g/mol. The highest BCUT2D eigenvalue weighted by atomic mass is 32.2. The zero-order chi connectivity index (χ0) is 16.7. The average Bonchev–Trinajstić information content (AvgIpc) is 3.17. The normalized spacial score (nSPS) is 24.3. The summed E-state index contributed by atoms with van der Waals surface area (Å²) < 4.78 is 40.4. The minimum absolute atomic E-state index is 0.0858. The third-order valence-corrected chi connectivity index (χ3v) is 6.69. The monoisotopic (exact) mass is 348 g/mol. The number of fused-ring (bicyclic) bond motifs is 1. The van der Waals surface area contributed by atoms with Gasteiger partial charge < -0.3 is 4.90 Å². The summed E-state index contributed by atoms with van der Waals surface area (Å²) in [5, 5.41) is 0. The van der Waals surface area contributed by atoms with E-state index in [1.807, 2.05) is 0 Å². The van der Waals surface area contributed by atoms with Crippen LogP contribution in [0.4, 0.5) is 10.3 Å². The van der Waals surface area contributed by atoms with Crippen molar-refractivity contribution in [3.8, 4) is 0 Å². The van der Waals surface area contributed by atoms with E-state index in [1.54, 1.807) is 22.8 Å². The van der Waals surface area contributed by atoms with Crippen molar-refractivity contribution in [1.29, 1.82) is 0 Å². The first kappa shape index (κ1) is 15.5. The van der Waals surface area contributed by atoms with E-state index in [0.29, 0.717) is 12.5 Å². The maximum Gasteiger partial charge on any atom is 0.243 e. The highest BCUT2D eigenvalue weighted by molar-refractivity contribution is 7.89. The first-order valence-electron chi connectivity index (χ1n) is 7.88. The van der Waals surface area contributed by atoms with E-state index in [4.69, 9.17) is 0 Å². The molecule has 2 aliphatic heterocycles. The molecule has 2 saturated heterocycles. The second-order valence-electron chi connectivity index (χ2n) is 6.02. The predicted octanol–water partition coefficient (Wildman–Crippen LogP) is 1.66. The lowest BCUT2D eigenvalue weighted by molar-refractivity contribution is 0.388. The lowest BCUT2D eigenvalue weighted by Gasteiger charge is -2.25. The van der Waals surface area contributed by atoms with E-state index in [-0.39, 0.29) is 17.0 Å². The van der Waals surface area contributed by atoms with Crippen molar-refractivity contribution in [1.82, 2.24) is 14.3 Å². The second-order valence-corrected chi connectivity index (χ2v) is 7.91. The second kappa shape index (κ2) is 5.78. The van der Waals surface area contributed by atoms with Crippen LogP contribution < -0.4 is 4.90 Å². The van der Waals surface area contributed by atoms with Gasteiger partial charge in [-0.25, -0.2) is 22.8 Å². The molecule has 0 radical (unpaired) electrons. The smallest absolute Gasteiger partial charge is 0.243 e. The SMILES string of the molecule is O=S(=O)(c1ccc(F)cc1)N1CC[C@H]2[C@@H]1CCN2c1ncccn1. The van der Waals surface area contributed by atoms with Crippen molar-refractivity contribution in [2.45, 2.75) is 29.8 Å². The van der Waals surface area contributed by atoms with Gasteiger partial charge in [0.1, 0.15) is 5.82 Å². The van der Waals surface area contributed by atoms with Crippen LogP contribution in [0, 0.1) is 5.82 Å². The molecule has 6 nitrogen and oxygen atoms in total. The lowest BCUT2D eigenvalue weighted by atomic mass is 10.1. The molecule has 8 heteroatoms. The van der Waals surface area contributed by atoms with E-state index in [9.17, 15) is 12.8 Å². The number of halogens is 1. The van der Waals surface area contributed by atoms with Gasteiger partial charge in [-0.3, -0.25) is 0 Å². The molecule has 1 aromatic carbocycles. The van der Waals surface area contributed by atoms with Crippen LogP contribution >= 0.6 is 0 Å². The molecule has 0 bridgehead atoms. The Bertz CT molecular complexity index is 829. The van der Waals surface area contributed by atoms with Gasteiger partial charge in [-0.2, -0.15) is 4.31 Å². The van der Waals surface area contributed by atoms with Crippen LogP contribution in [0.25, 0.3) is 0 Å². The number of sulfonamides is 1. The third-order valence-electron chi connectivity index (χ3n) is 4.75. The largest absolute Gasteiger partial charge is 0.336 e. The van der Waals surface area contributed by atoms with E-state index in [0.717, 1.165) is 19.4 Å². The molecule has 2 aliphatic rings. The summed E-state index contributed by atoms with van der Waals surface area (Å²) >= 11 is 0. The van der Waals surface area contributed by atoms with Crippen molar-refractivity contribution in [2.24, 2.45) is 0 Å². The summed E-state index contributed by atoms with van der Waals surface area (Å²) in [7, 11) is -3.62. The number of rotatable bonds is 3. The van der Waals surface area contributed by atoms with Crippen LogP contribution in [0.15, 0.2) is 47.6 Å². The number of benzene rings is 1. The minimum Gasteiger partial charge on any atom is -0.336 e. The van der Waals surface area contributed by atoms with Crippen molar-refractivity contribution < 1.29 is 12.8 Å². The molecule has 0 N–H and O–H groups in total. The number of nitrogens with zero attached hydrogens (tertiary/aromatic N) is 4. The summed E-state index contributed by atoms with van der Waals surface area (Å²) in [5.74, 6) is 0.201. The van der Waals surface area contributed by atoms with Gasteiger partial charge in [0.15, 0.2) is 0 Å². The van der Waals surface area contributed by atoms with Crippen molar-refractivity contribution in [3.05, 3.63) is 48.5 Å². The van der Waals surface area contributed by atoms with Gasteiger partial charge in [-0.15, -0.1) is 0 Å². The van der Waals surface area contributed by atoms with Crippen LogP contribution in [0.3, 0.4) is 0 Å². The summed E-state index contributed by atoms with van der Waals surface area (Å²) in [6, 6.07) is 6.76. The zero-order valence-electron chi connectivity index (χ0n) is 12.9. The summed E-state index contributed by atoms with van der Waals surface area (Å²) in [6.45, 7) is 1.19. The lowest BCUT2D eigenvalue weighted by Crippen LogP contribution is -2.40. The van der Waals surface area contributed by atoms with Crippen molar-refractivity contribution in [3.63, 3.8) is 0 Å². The Morgan fingerprint density at radius 2 is 1.67 bits per heavy atom.